The van der Waals surface area contributed by atoms with Crippen LogP contribution >= 0.6 is 0 Å². The van der Waals surface area contributed by atoms with Crippen molar-refractivity contribution in [3.05, 3.63) is 34.9 Å². The van der Waals surface area contributed by atoms with E-state index in [2.05, 4.69) is 52.6 Å². The quantitative estimate of drug-likeness (QED) is 0.595. The molecule has 3 rings (SSSR count). The van der Waals surface area contributed by atoms with Crippen LogP contribution in [0.15, 0.2) is 23.2 Å². The summed E-state index contributed by atoms with van der Waals surface area (Å²) in [6, 6.07) is 6.77. The van der Waals surface area contributed by atoms with Crippen molar-refractivity contribution in [2.24, 2.45) is 4.99 Å². The maximum atomic E-state index is 5.65. The molecule has 27 heavy (non-hydrogen) atoms. The summed E-state index contributed by atoms with van der Waals surface area (Å²) < 4.78 is 5.65. The van der Waals surface area contributed by atoms with Crippen LogP contribution in [-0.4, -0.2) is 62.8 Å². The van der Waals surface area contributed by atoms with Gasteiger partial charge < -0.3 is 15.4 Å². The smallest absolute Gasteiger partial charge is 0.191 e. The molecule has 5 heteroatoms. The van der Waals surface area contributed by atoms with E-state index in [1.165, 1.54) is 42.6 Å². The molecule has 2 saturated heterocycles. The van der Waals surface area contributed by atoms with Crippen molar-refractivity contribution in [3.8, 4) is 0 Å². The number of ether oxygens (including phenoxy) is 1. The molecule has 0 unspecified atom stereocenters. The molecule has 0 saturated carbocycles. The van der Waals surface area contributed by atoms with Crippen LogP contribution in [0.5, 0.6) is 0 Å². The first-order valence-corrected chi connectivity index (χ1v) is 10.5. The average molecular weight is 373 g/mol. The molecule has 1 aromatic rings. The first-order chi connectivity index (χ1) is 13.1. The van der Waals surface area contributed by atoms with Crippen molar-refractivity contribution in [3.63, 3.8) is 0 Å². The Balaban J connectivity index is 1.51. The van der Waals surface area contributed by atoms with Gasteiger partial charge in [-0.25, -0.2) is 0 Å². The number of rotatable bonds is 6. The molecule has 2 aliphatic heterocycles. The fourth-order valence-electron chi connectivity index (χ4n) is 4.56. The van der Waals surface area contributed by atoms with Crippen molar-refractivity contribution in [2.75, 3.05) is 46.4 Å². The third kappa shape index (κ3) is 5.45. The number of likely N-dealkylation sites (tertiary alicyclic amines) is 1. The average Bonchev–Trinajstić information content (AvgIpc) is 3.20. The molecular weight excluding hydrogens is 336 g/mol. The molecule has 0 spiro atoms. The van der Waals surface area contributed by atoms with E-state index in [9.17, 15) is 0 Å². The van der Waals surface area contributed by atoms with Gasteiger partial charge in [-0.2, -0.15) is 0 Å². The molecule has 2 heterocycles. The monoisotopic (exact) mass is 372 g/mol. The Morgan fingerprint density at radius 2 is 1.74 bits per heavy atom. The number of aryl methyl sites for hydroxylation is 2. The van der Waals surface area contributed by atoms with Gasteiger partial charge in [0.2, 0.25) is 0 Å². The van der Waals surface area contributed by atoms with Crippen LogP contribution in [0.4, 0.5) is 0 Å². The van der Waals surface area contributed by atoms with Crippen LogP contribution in [0.25, 0.3) is 0 Å². The predicted octanol–water partition coefficient (Wildman–Crippen LogP) is 2.66. The second-order valence-electron chi connectivity index (χ2n) is 8.13. The molecule has 0 aromatic heterocycles. The van der Waals surface area contributed by atoms with Gasteiger partial charge >= 0.3 is 0 Å². The molecular formula is C22H36N4O. The number of nitrogens with zero attached hydrogens (tertiary/aromatic N) is 2. The normalized spacial score (nSPS) is 20.6. The van der Waals surface area contributed by atoms with E-state index in [4.69, 9.17) is 4.74 Å². The molecule has 150 valence electrons. The molecule has 0 bridgehead atoms. The summed E-state index contributed by atoms with van der Waals surface area (Å²) in [6.45, 7) is 10.4. The van der Waals surface area contributed by atoms with Crippen LogP contribution in [0.2, 0.25) is 0 Å². The topological polar surface area (TPSA) is 48.9 Å². The molecule has 1 aromatic carbocycles. The first kappa shape index (κ1) is 20.2. The van der Waals surface area contributed by atoms with E-state index in [0.29, 0.717) is 0 Å². The second kappa shape index (κ2) is 9.56. The number of nitrogens with one attached hydrogen (secondary N) is 2. The van der Waals surface area contributed by atoms with Crippen molar-refractivity contribution in [1.29, 1.82) is 0 Å². The van der Waals surface area contributed by atoms with Gasteiger partial charge in [-0.05, 0) is 64.6 Å². The molecule has 5 nitrogen and oxygen atoms in total. The van der Waals surface area contributed by atoms with E-state index in [-0.39, 0.29) is 5.54 Å². The van der Waals surface area contributed by atoms with Gasteiger partial charge in [0, 0.05) is 38.9 Å². The van der Waals surface area contributed by atoms with E-state index < -0.39 is 0 Å². The molecule has 0 atom stereocenters. The van der Waals surface area contributed by atoms with Gasteiger partial charge in [0.1, 0.15) is 0 Å². The highest BCUT2D eigenvalue weighted by Crippen LogP contribution is 2.30. The molecule has 2 aliphatic rings. The highest BCUT2D eigenvalue weighted by molar-refractivity contribution is 5.79. The van der Waals surface area contributed by atoms with Gasteiger partial charge in [0.25, 0.3) is 0 Å². The Morgan fingerprint density at radius 3 is 2.37 bits per heavy atom. The zero-order valence-corrected chi connectivity index (χ0v) is 17.3. The molecule has 0 aliphatic carbocycles. The van der Waals surface area contributed by atoms with E-state index in [1.807, 2.05) is 7.05 Å². The Labute approximate surface area is 164 Å². The van der Waals surface area contributed by atoms with Crippen molar-refractivity contribution in [2.45, 2.75) is 51.5 Å². The summed E-state index contributed by atoms with van der Waals surface area (Å²) in [5.41, 5.74) is 4.27. The van der Waals surface area contributed by atoms with Gasteiger partial charge in [-0.1, -0.05) is 29.3 Å². The first-order valence-electron chi connectivity index (χ1n) is 10.5. The maximum absolute atomic E-state index is 5.65. The highest BCUT2D eigenvalue weighted by Gasteiger charge is 2.39. The van der Waals surface area contributed by atoms with Crippen LogP contribution in [-0.2, 0) is 11.2 Å². The van der Waals surface area contributed by atoms with Gasteiger partial charge in [0.05, 0.1) is 0 Å². The summed E-state index contributed by atoms with van der Waals surface area (Å²) in [5, 5.41) is 7.10. The zero-order valence-electron chi connectivity index (χ0n) is 17.3. The van der Waals surface area contributed by atoms with Crippen LogP contribution in [0, 0.1) is 13.8 Å². The lowest BCUT2D eigenvalue weighted by atomic mass is 9.88. The zero-order chi connectivity index (χ0) is 19.1. The van der Waals surface area contributed by atoms with Crippen LogP contribution < -0.4 is 10.6 Å². The lowest BCUT2D eigenvalue weighted by Gasteiger charge is -2.45. The minimum absolute atomic E-state index is 0.222. The Hall–Kier alpha value is -1.59. The summed E-state index contributed by atoms with van der Waals surface area (Å²) >= 11 is 0. The SMILES string of the molecule is CN=C(NCCc1cc(C)cc(C)c1)NCC1(N2CCCC2)CCOCC1. The van der Waals surface area contributed by atoms with Gasteiger partial charge in [0.15, 0.2) is 5.96 Å². The lowest BCUT2D eigenvalue weighted by Crippen LogP contribution is -2.58. The van der Waals surface area contributed by atoms with Crippen molar-refractivity contribution >= 4 is 5.96 Å². The fourth-order valence-corrected chi connectivity index (χ4v) is 4.56. The standard InChI is InChI=1S/C22H36N4O/c1-18-14-19(2)16-20(15-18)6-9-24-21(23-3)25-17-22(7-12-27-13-8-22)26-10-4-5-11-26/h14-16H,4-13,17H2,1-3H3,(H2,23,24,25). The largest absolute Gasteiger partial charge is 0.381 e. The van der Waals surface area contributed by atoms with Crippen molar-refractivity contribution in [1.82, 2.24) is 15.5 Å². The Kier molecular flexibility index (Phi) is 7.13. The highest BCUT2D eigenvalue weighted by atomic mass is 16.5. The minimum Gasteiger partial charge on any atom is -0.381 e. The lowest BCUT2D eigenvalue weighted by molar-refractivity contribution is -0.0164. The second-order valence-corrected chi connectivity index (χ2v) is 8.13. The third-order valence-corrected chi connectivity index (χ3v) is 6.00. The molecule has 0 radical (unpaired) electrons. The van der Waals surface area contributed by atoms with Crippen LogP contribution in [0.3, 0.4) is 0 Å². The molecule has 2 fully saturated rings. The minimum atomic E-state index is 0.222. The van der Waals surface area contributed by atoms with E-state index in [0.717, 1.165) is 51.5 Å². The number of hydrogen-bond donors (Lipinski definition) is 2. The van der Waals surface area contributed by atoms with Gasteiger partial charge in [-0.3, -0.25) is 9.89 Å². The molecule has 0 amide bonds. The Morgan fingerprint density at radius 1 is 1.07 bits per heavy atom. The number of hydrogen-bond acceptors (Lipinski definition) is 3. The number of benzene rings is 1. The van der Waals surface area contributed by atoms with E-state index in [1.54, 1.807) is 0 Å². The summed E-state index contributed by atoms with van der Waals surface area (Å²) in [4.78, 5) is 7.13. The van der Waals surface area contributed by atoms with Crippen molar-refractivity contribution < 1.29 is 4.74 Å². The summed E-state index contributed by atoms with van der Waals surface area (Å²) in [5.74, 6) is 0.907. The summed E-state index contributed by atoms with van der Waals surface area (Å²) in [7, 11) is 1.86. The predicted molar refractivity (Wildman–Crippen MR) is 113 cm³/mol. The maximum Gasteiger partial charge on any atom is 0.191 e. The van der Waals surface area contributed by atoms with Gasteiger partial charge in [-0.15, -0.1) is 0 Å². The van der Waals surface area contributed by atoms with Crippen LogP contribution in [0.1, 0.15) is 42.4 Å². The molecule has 2 N–H and O–H groups in total. The Bertz CT molecular complexity index is 611. The number of guanidine groups is 1. The summed E-state index contributed by atoms with van der Waals surface area (Å²) in [6.07, 6.45) is 5.88. The number of aliphatic imine (C=N–C) groups is 1. The fraction of sp³-hybridized carbons (Fsp3) is 0.682. The third-order valence-electron chi connectivity index (χ3n) is 6.00. The van der Waals surface area contributed by atoms with E-state index >= 15 is 0 Å².